The number of benzene rings is 4. The average molecular weight is 652 g/mol. The number of carbonyl (C=O) groups is 1. The first-order chi connectivity index (χ1) is 21.8. The van der Waals surface area contributed by atoms with Gasteiger partial charge in [-0.1, -0.05) is 77.0 Å². The Bertz CT molecular complexity index is 2170. The molecule has 0 fully saturated rings. The molecule has 0 spiro atoms. The van der Waals surface area contributed by atoms with Crippen molar-refractivity contribution in [2.75, 3.05) is 5.32 Å². The molecule has 1 N–H and O–H groups in total. The maximum atomic E-state index is 14.1. The summed E-state index contributed by atoms with van der Waals surface area (Å²) in [5, 5.41) is 13.0. The number of aromatic nitrogens is 1. The highest BCUT2D eigenvalue weighted by atomic mass is 35.5. The fraction of sp³-hybridized carbons (Fsp3) is 0.0857. The number of halogens is 2. The van der Waals surface area contributed by atoms with Crippen LogP contribution in [0.15, 0.2) is 118 Å². The van der Waals surface area contributed by atoms with E-state index in [1.165, 1.54) is 11.3 Å². The first-order valence-corrected chi connectivity index (χ1v) is 15.4. The van der Waals surface area contributed by atoms with E-state index < -0.39 is 6.04 Å². The number of rotatable bonds is 7. The molecule has 222 valence electrons. The number of nitrogens with zero attached hydrogens (tertiary/aromatic N) is 3. The molecule has 7 nitrogen and oxygen atoms in total. The standard InChI is InChI=1S/C35H24Cl2N4O3S/c1-21-31(33(42)40-28-5-3-2-4-6-28)32(24-11-13-26(36)14-12-24)41-34(43)30(45-35(41)39-21)18-25-17-27(37)15-16-29(25)44-20-23-9-7-22(19-38)8-10-23/h2-18,32H,20H2,1H3,(H,40,42)/b30-18+/t32-/m0/s1. The first kappa shape index (κ1) is 30.1. The normalized spacial score (nSPS) is 14.4. The third-order valence-electron chi connectivity index (χ3n) is 7.22. The summed E-state index contributed by atoms with van der Waals surface area (Å²) in [4.78, 5) is 33.0. The topological polar surface area (TPSA) is 96.5 Å². The second kappa shape index (κ2) is 13.0. The van der Waals surface area contributed by atoms with Crippen LogP contribution in [0.5, 0.6) is 5.75 Å². The van der Waals surface area contributed by atoms with Crippen LogP contribution in [0.25, 0.3) is 6.08 Å². The lowest BCUT2D eigenvalue weighted by Crippen LogP contribution is -2.40. The summed E-state index contributed by atoms with van der Waals surface area (Å²) < 4.78 is 8.06. The summed E-state index contributed by atoms with van der Waals surface area (Å²) in [6.07, 6.45) is 1.73. The first-order valence-electron chi connectivity index (χ1n) is 13.9. The van der Waals surface area contributed by atoms with Gasteiger partial charge in [-0.15, -0.1) is 0 Å². The smallest absolute Gasteiger partial charge is 0.271 e. The van der Waals surface area contributed by atoms with Crippen LogP contribution in [0.1, 0.15) is 35.2 Å². The van der Waals surface area contributed by atoms with Gasteiger partial charge >= 0.3 is 0 Å². The SMILES string of the molecule is CC1=C(C(=O)Nc2ccccc2)[C@H](c2ccc(Cl)cc2)n2c(s/c(=C/c3cc(Cl)ccc3OCc3ccc(C#N)cc3)c2=O)=N1. The van der Waals surface area contributed by atoms with Crippen LogP contribution in [-0.2, 0) is 11.4 Å². The molecule has 0 bridgehead atoms. The lowest BCUT2D eigenvalue weighted by Gasteiger charge is -2.25. The molecule has 1 amide bonds. The zero-order valence-corrected chi connectivity index (χ0v) is 26.2. The summed E-state index contributed by atoms with van der Waals surface area (Å²) in [5.74, 6) is 0.174. The molecule has 0 radical (unpaired) electrons. The van der Waals surface area contributed by atoms with Crippen LogP contribution >= 0.6 is 34.5 Å². The summed E-state index contributed by atoms with van der Waals surface area (Å²) in [6.45, 7) is 2.02. The van der Waals surface area contributed by atoms with E-state index in [2.05, 4.69) is 11.4 Å². The van der Waals surface area contributed by atoms with E-state index in [-0.39, 0.29) is 18.1 Å². The maximum Gasteiger partial charge on any atom is 0.271 e. The molecule has 1 aliphatic heterocycles. The predicted molar refractivity (Wildman–Crippen MR) is 177 cm³/mol. The molecule has 0 aliphatic carbocycles. The molecule has 1 aromatic heterocycles. The molecule has 45 heavy (non-hydrogen) atoms. The minimum absolute atomic E-state index is 0.255. The van der Waals surface area contributed by atoms with Crippen LogP contribution in [0.4, 0.5) is 5.69 Å². The quantitative estimate of drug-likeness (QED) is 0.214. The van der Waals surface area contributed by atoms with Crippen LogP contribution < -0.4 is 24.9 Å². The molecule has 6 rings (SSSR count). The Kier molecular flexibility index (Phi) is 8.67. The van der Waals surface area contributed by atoms with Gasteiger partial charge < -0.3 is 10.1 Å². The minimum Gasteiger partial charge on any atom is -0.488 e. The number of hydrogen-bond donors (Lipinski definition) is 1. The van der Waals surface area contributed by atoms with Gasteiger partial charge in [0.25, 0.3) is 11.5 Å². The molecule has 0 unspecified atom stereocenters. The number of thiazole rings is 1. The van der Waals surface area contributed by atoms with Crippen molar-refractivity contribution in [2.24, 2.45) is 4.99 Å². The third-order valence-corrected chi connectivity index (χ3v) is 8.69. The van der Waals surface area contributed by atoms with Crippen LogP contribution in [0.2, 0.25) is 10.0 Å². The third kappa shape index (κ3) is 6.47. The largest absolute Gasteiger partial charge is 0.488 e. The van der Waals surface area contributed by atoms with Crippen LogP contribution in [0.3, 0.4) is 0 Å². The van der Waals surface area contributed by atoms with Gasteiger partial charge in [0, 0.05) is 21.3 Å². The highest BCUT2D eigenvalue weighted by Gasteiger charge is 2.32. The fourth-order valence-corrected chi connectivity index (χ4v) is 6.38. The van der Waals surface area contributed by atoms with Crippen molar-refractivity contribution in [3.05, 3.63) is 160 Å². The number of nitriles is 1. The van der Waals surface area contributed by atoms with Gasteiger partial charge in [0.05, 0.1) is 33.5 Å². The van der Waals surface area contributed by atoms with Gasteiger partial charge in [-0.05, 0) is 78.7 Å². The Balaban J connectivity index is 1.42. The molecule has 1 aliphatic rings. The average Bonchev–Trinajstić information content (AvgIpc) is 3.34. The lowest BCUT2D eigenvalue weighted by atomic mass is 9.95. The number of allylic oxidation sites excluding steroid dienone is 1. The van der Waals surface area contributed by atoms with Crippen molar-refractivity contribution < 1.29 is 9.53 Å². The molecule has 10 heteroatoms. The molecular weight excluding hydrogens is 627 g/mol. The van der Waals surface area contributed by atoms with Gasteiger partial charge in [-0.2, -0.15) is 5.26 Å². The number of amides is 1. The molecule has 5 aromatic rings. The highest BCUT2D eigenvalue weighted by Crippen LogP contribution is 2.32. The zero-order chi connectivity index (χ0) is 31.5. The summed E-state index contributed by atoms with van der Waals surface area (Å²) in [7, 11) is 0. The molecule has 0 saturated carbocycles. The maximum absolute atomic E-state index is 14.1. The van der Waals surface area contributed by atoms with Gasteiger partial charge in [-0.25, -0.2) is 4.99 Å². The van der Waals surface area contributed by atoms with Gasteiger partial charge in [0.1, 0.15) is 12.4 Å². The van der Waals surface area contributed by atoms with E-state index in [9.17, 15) is 9.59 Å². The van der Waals surface area contributed by atoms with E-state index in [4.69, 9.17) is 38.2 Å². The lowest BCUT2D eigenvalue weighted by molar-refractivity contribution is -0.113. The number of carbonyl (C=O) groups excluding carboxylic acids is 1. The second-order valence-corrected chi connectivity index (χ2v) is 12.1. The fourth-order valence-electron chi connectivity index (χ4n) is 5.03. The molecule has 2 heterocycles. The van der Waals surface area contributed by atoms with Gasteiger partial charge in [0.2, 0.25) is 0 Å². The van der Waals surface area contributed by atoms with Crippen molar-refractivity contribution >= 4 is 52.2 Å². The highest BCUT2D eigenvalue weighted by molar-refractivity contribution is 7.07. The van der Waals surface area contributed by atoms with Crippen LogP contribution in [-0.4, -0.2) is 10.5 Å². The number of para-hydroxylation sites is 1. The van der Waals surface area contributed by atoms with Crippen LogP contribution in [0, 0.1) is 11.3 Å². The van der Waals surface area contributed by atoms with Crippen molar-refractivity contribution in [3.8, 4) is 11.8 Å². The van der Waals surface area contributed by atoms with Gasteiger partial charge in [0.15, 0.2) is 4.80 Å². The number of anilines is 1. The second-order valence-electron chi connectivity index (χ2n) is 10.2. The Morgan fingerprint density at radius 1 is 1.02 bits per heavy atom. The number of nitrogens with one attached hydrogen (secondary N) is 1. The van der Waals surface area contributed by atoms with E-state index in [0.717, 1.165) is 5.56 Å². The van der Waals surface area contributed by atoms with Crippen molar-refractivity contribution in [1.82, 2.24) is 4.57 Å². The van der Waals surface area contributed by atoms with E-state index in [1.54, 1.807) is 72.2 Å². The summed E-state index contributed by atoms with van der Waals surface area (Å²) in [6, 6.07) is 29.9. The Morgan fingerprint density at radius 3 is 2.44 bits per heavy atom. The molecular formula is C35H24Cl2N4O3S. The summed E-state index contributed by atoms with van der Waals surface area (Å²) >= 11 is 13.8. The predicted octanol–water partition coefficient (Wildman–Crippen LogP) is 6.63. The molecule has 0 saturated heterocycles. The van der Waals surface area contributed by atoms with Gasteiger partial charge in [-0.3, -0.25) is 14.2 Å². The number of fused-ring (bicyclic) bond motifs is 1. The monoisotopic (exact) mass is 650 g/mol. The minimum atomic E-state index is -0.740. The number of hydrogen-bond acceptors (Lipinski definition) is 6. The molecule has 4 aromatic carbocycles. The zero-order valence-electron chi connectivity index (χ0n) is 23.8. The Labute approximate surface area is 272 Å². The van der Waals surface area contributed by atoms with Crippen molar-refractivity contribution in [3.63, 3.8) is 0 Å². The molecule has 1 atom stereocenters. The summed E-state index contributed by atoms with van der Waals surface area (Å²) in [5.41, 5.74) is 3.96. The Hall–Kier alpha value is -4.94. The Morgan fingerprint density at radius 2 is 1.73 bits per heavy atom. The van der Waals surface area contributed by atoms with Crippen molar-refractivity contribution in [2.45, 2.75) is 19.6 Å². The van der Waals surface area contributed by atoms with Crippen molar-refractivity contribution in [1.29, 1.82) is 5.26 Å². The van der Waals surface area contributed by atoms with E-state index in [0.29, 0.717) is 58.8 Å². The van der Waals surface area contributed by atoms with E-state index >= 15 is 0 Å². The van der Waals surface area contributed by atoms with E-state index in [1.807, 2.05) is 42.5 Å². The number of ether oxygens (including phenoxy) is 1.